The maximum Gasteiger partial charge on any atom is 0.0703 e. The number of hydrogen-bond donors (Lipinski definition) is 1. The van der Waals surface area contributed by atoms with Crippen molar-refractivity contribution >= 4 is 0 Å². The molecular weight excluding hydrogens is 260 g/mol. The van der Waals surface area contributed by atoms with E-state index in [0.29, 0.717) is 24.2 Å². The van der Waals surface area contributed by atoms with E-state index < -0.39 is 0 Å². The van der Waals surface area contributed by atoms with Crippen molar-refractivity contribution in [1.29, 1.82) is 0 Å². The number of nitrogens with one attached hydrogen (secondary N) is 1. The Balaban J connectivity index is 2.19. The van der Waals surface area contributed by atoms with Crippen LogP contribution in [0.5, 0.6) is 0 Å². The lowest BCUT2D eigenvalue weighted by Crippen LogP contribution is -2.49. The number of rotatable bonds is 7. The second kappa shape index (κ2) is 7.92. The van der Waals surface area contributed by atoms with E-state index in [0.717, 1.165) is 26.0 Å². The Morgan fingerprint density at radius 1 is 1.29 bits per heavy atom. The van der Waals surface area contributed by atoms with Crippen molar-refractivity contribution in [2.24, 2.45) is 0 Å². The van der Waals surface area contributed by atoms with Crippen LogP contribution in [0.15, 0.2) is 30.3 Å². The van der Waals surface area contributed by atoms with E-state index in [1.807, 2.05) is 0 Å². The fourth-order valence-electron chi connectivity index (χ4n) is 3.62. The molecule has 118 valence electrons. The molecule has 1 N–H and O–H groups in total. The number of likely N-dealkylation sites (N-methyl/N-ethyl adjacent to an activating group) is 2. The molecule has 4 atom stereocenters. The van der Waals surface area contributed by atoms with Crippen molar-refractivity contribution in [1.82, 2.24) is 10.2 Å². The Bertz CT molecular complexity index is 409. The third-order valence-electron chi connectivity index (χ3n) is 4.77. The van der Waals surface area contributed by atoms with Crippen molar-refractivity contribution in [2.45, 2.75) is 57.8 Å². The Morgan fingerprint density at radius 3 is 2.52 bits per heavy atom. The van der Waals surface area contributed by atoms with Crippen molar-refractivity contribution in [3.63, 3.8) is 0 Å². The molecule has 0 spiro atoms. The summed E-state index contributed by atoms with van der Waals surface area (Å²) >= 11 is 0. The summed E-state index contributed by atoms with van der Waals surface area (Å²) in [6.45, 7) is 8.55. The van der Waals surface area contributed by atoms with Gasteiger partial charge in [0.15, 0.2) is 0 Å². The SMILES string of the molecule is CCNC(c1ccccc1)C(CC)N(C)C1CCOC1C. The van der Waals surface area contributed by atoms with Gasteiger partial charge >= 0.3 is 0 Å². The highest BCUT2D eigenvalue weighted by atomic mass is 16.5. The van der Waals surface area contributed by atoms with Gasteiger partial charge in [-0.3, -0.25) is 4.90 Å². The molecule has 2 rings (SSSR count). The highest BCUT2D eigenvalue weighted by molar-refractivity contribution is 5.21. The molecule has 3 nitrogen and oxygen atoms in total. The number of benzene rings is 1. The monoisotopic (exact) mass is 290 g/mol. The minimum absolute atomic E-state index is 0.335. The Kier molecular flexibility index (Phi) is 6.22. The summed E-state index contributed by atoms with van der Waals surface area (Å²) in [4.78, 5) is 2.54. The molecule has 1 saturated heterocycles. The Hall–Kier alpha value is -0.900. The normalized spacial score (nSPS) is 25.2. The molecule has 1 fully saturated rings. The number of nitrogens with zero attached hydrogens (tertiary/aromatic N) is 1. The van der Waals surface area contributed by atoms with Crippen LogP contribution in [0.1, 0.15) is 45.2 Å². The molecule has 0 saturated carbocycles. The highest BCUT2D eigenvalue weighted by Gasteiger charge is 2.34. The third kappa shape index (κ3) is 3.85. The van der Waals surface area contributed by atoms with E-state index in [1.54, 1.807) is 0 Å². The summed E-state index contributed by atoms with van der Waals surface area (Å²) in [6, 6.07) is 12.2. The second-order valence-electron chi connectivity index (χ2n) is 6.02. The maximum absolute atomic E-state index is 5.76. The van der Waals surface area contributed by atoms with Gasteiger partial charge in [-0.1, -0.05) is 44.2 Å². The lowest BCUT2D eigenvalue weighted by molar-refractivity contribution is 0.0567. The predicted octanol–water partition coefficient (Wildman–Crippen LogP) is 3.23. The van der Waals surface area contributed by atoms with E-state index in [-0.39, 0.29) is 0 Å². The molecule has 1 aliphatic heterocycles. The zero-order valence-electron chi connectivity index (χ0n) is 13.9. The van der Waals surface area contributed by atoms with Gasteiger partial charge in [0.2, 0.25) is 0 Å². The van der Waals surface area contributed by atoms with Crippen LogP contribution in [0.25, 0.3) is 0 Å². The maximum atomic E-state index is 5.76. The quantitative estimate of drug-likeness (QED) is 0.834. The van der Waals surface area contributed by atoms with Crippen LogP contribution in [0.3, 0.4) is 0 Å². The van der Waals surface area contributed by atoms with Crippen LogP contribution >= 0.6 is 0 Å². The van der Waals surface area contributed by atoms with Crippen LogP contribution in [0, 0.1) is 0 Å². The van der Waals surface area contributed by atoms with Gasteiger partial charge in [-0.2, -0.15) is 0 Å². The van der Waals surface area contributed by atoms with Gasteiger partial charge in [-0.05, 0) is 38.9 Å². The van der Waals surface area contributed by atoms with Crippen molar-refractivity contribution in [3.05, 3.63) is 35.9 Å². The van der Waals surface area contributed by atoms with Gasteiger partial charge in [0.1, 0.15) is 0 Å². The zero-order valence-corrected chi connectivity index (χ0v) is 13.9. The van der Waals surface area contributed by atoms with Gasteiger partial charge in [-0.15, -0.1) is 0 Å². The van der Waals surface area contributed by atoms with Gasteiger partial charge in [0.05, 0.1) is 6.10 Å². The van der Waals surface area contributed by atoms with Crippen molar-refractivity contribution in [3.8, 4) is 0 Å². The zero-order chi connectivity index (χ0) is 15.2. The molecule has 0 aromatic heterocycles. The van der Waals surface area contributed by atoms with Crippen LogP contribution in [0.2, 0.25) is 0 Å². The fourth-order valence-corrected chi connectivity index (χ4v) is 3.62. The molecule has 1 aliphatic rings. The molecule has 4 unspecified atom stereocenters. The number of ether oxygens (including phenoxy) is 1. The predicted molar refractivity (Wildman–Crippen MR) is 88.5 cm³/mol. The summed E-state index contributed by atoms with van der Waals surface area (Å²) in [5.41, 5.74) is 1.38. The molecule has 1 aromatic rings. The standard InChI is InChI=1S/C18H30N2O/c1-5-16(20(4)17-12-13-21-14(17)3)18(19-6-2)15-10-8-7-9-11-15/h7-11,14,16-19H,5-6,12-13H2,1-4H3. The van der Waals surface area contributed by atoms with Crippen molar-refractivity contribution < 1.29 is 4.74 Å². The molecule has 3 heteroatoms. The fraction of sp³-hybridized carbons (Fsp3) is 0.667. The average Bonchev–Trinajstić information content (AvgIpc) is 2.94. The molecule has 0 amide bonds. The van der Waals surface area contributed by atoms with Crippen LogP contribution in [-0.2, 0) is 4.74 Å². The number of hydrogen-bond acceptors (Lipinski definition) is 3. The summed E-state index contributed by atoms with van der Waals surface area (Å²) in [7, 11) is 2.26. The van der Waals surface area contributed by atoms with Crippen LogP contribution in [0.4, 0.5) is 0 Å². The summed E-state index contributed by atoms with van der Waals surface area (Å²) in [5, 5.41) is 3.69. The van der Waals surface area contributed by atoms with E-state index in [2.05, 4.69) is 68.4 Å². The minimum Gasteiger partial charge on any atom is -0.377 e. The first-order valence-corrected chi connectivity index (χ1v) is 8.30. The lowest BCUT2D eigenvalue weighted by atomic mass is 9.94. The summed E-state index contributed by atoms with van der Waals surface area (Å²) in [5.74, 6) is 0. The Labute approximate surface area is 129 Å². The summed E-state index contributed by atoms with van der Waals surface area (Å²) in [6.07, 6.45) is 2.61. The molecule has 1 aromatic carbocycles. The van der Waals surface area contributed by atoms with Gasteiger partial charge in [-0.25, -0.2) is 0 Å². The van der Waals surface area contributed by atoms with Crippen LogP contribution in [-0.4, -0.2) is 43.3 Å². The van der Waals surface area contributed by atoms with E-state index in [9.17, 15) is 0 Å². The lowest BCUT2D eigenvalue weighted by Gasteiger charge is -2.39. The van der Waals surface area contributed by atoms with Gasteiger partial charge in [0.25, 0.3) is 0 Å². The third-order valence-corrected chi connectivity index (χ3v) is 4.77. The first kappa shape index (κ1) is 16.5. The first-order chi connectivity index (χ1) is 10.2. The van der Waals surface area contributed by atoms with Gasteiger partial charge in [0, 0.05) is 24.7 Å². The smallest absolute Gasteiger partial charge is 0.0703 e. The van der Waals surface area contributed by atoms with Crippen molar-refractivity contribution in [2.75, 3.05) is 20.2 Å². The molecule has 0 radical (unpaired) electrons. The molecule has 21 heavy (non-hydrogen) atoms. The molecule has 1 heterocycles. The van der Waals surface area contributed by atoms with E-state index in [1.165, 1.54) is 5.56 Å². The Morgan fingerprint density at radius 2 is 2.00 bits per heavy atom. The molecular formula is C18H30N2O. The molecule has 0 aliphatic carbocycles. The topological polar surface area (TPSA) is 24.5 Å². The second-order valence-corrected chi connectivity index (χ2v) is 6.02. The largest absolute Gasteiger partial charge is 0.377 e. The average molecular weight is 290 g/mol. The minimum atomic E-state index is 0.335. The highest BCUT2D eigenvalue weighted by Crippen LogP contribution is 2.28. The van der Waals surface area contributed by atoms with Gasteiger partial charge < -0.3 is 10.1 Å². The summed E-state index contributed by atoms with van der Waals surface area (Å²) < 4.78 is 5.76. The first-order valence-electron chi connectivity index (χ1n) is 8.30. The van der Waals surface area contributed by atoms with E-state index >= 15 is 0 Å². The molecule has 0 bridgehead atoms. The van der Waals surface area contributed by atoms with E-state index in [4.69, 9.17) is 4.74 Å². The van der Waals surface area contributed by atoms with Crippen LogP contribution < -0.4 is 5.32 Å².